The maximum Gasteiger partial charge on any atom is 0.254 e. The molecule has 0 aliphatic rings. The van der Waals surface area contributed by atoms with Gasteiger partial charge in [-0.05, 0) is 34.5 Å². The SMILES string of the molecule is COCCN(Cc1ccsc1)C(=O)c1ccncc1. The molecular formula is C14H16N2O2S. The average Bonchev–Trinajstić information content (AvgIpc) is 2.96. The van der Waals surface area contributed by atoms with Crippen molar-refractivity contribution in [3.63, 3.8) is 0 Å². The first-order chi connectivity index (χ1) is 9.31. The highest BCUT2D eigenvalue weighted by atomic mass is 32.1. The highest BCUT2D eigenvalue weighted by Gasteiger charge is 2.15. The van der Waals surface area contributed by atoms with Gasteiger partial charge in [-0.15, -0.1) is 0 Å². The molecule has 4 nitrogen and oxygen atoms in total. The second kappa shape index (κ2) is 7.01. The lowest BCUT2D eigenvalue weighted by Crippen LogP contribution is -2.33. The summed E-state index contributed by atoms with van der Waals surface area (Å²) in [4.78, 5) is 18.1. The van der Waals surface area contributed by atoms with E-state index in [1.807, 2.05) is 11.4 Å². The van der Waals surface area contributed by atoms with E-state index in [0.29, 0.717) is 25.3 Å². The number of ether oxygens (including phenoxy) is 1. The third kappa shape index (κ3) is 3.87. The predicted molar refractivity (Wildman–Crippen MR) is 75.2 cm³/mol. The van der Waals surface area contributed by atoms with Crippen LogP contribution in [0.1, 0.15) is 15.9 Å². The lowest BCUT2D eigenvalue weighted by molar-refractivity contribution is 0.0680. The minimum Gasteiger partial charge on any atom is -0.383 e. The van der Waals surface area contributed by atoms with Gasteiger partial charge in [0.1, 0.15) is 0 Å². The number of amides is 1. The molecule has 0 atom stereocenters. The van der Waals surface area contributed by atoms with E-state index in [0.717, 1.165) is 5.56 Å². The van der Waals surface area contributed by atoms with E-state index in [1.54, 1.807) is 47.9 Å². The summed E-state index contributed by atoms with van der Waals surface area (Å²) in [6.45, 7) is 1.71. The Balaban J connectivity index is 2.10. The molecule has 0 aliphatic carbocycles. The molecule has 0 aromatic carbocycles. The van der Waals surface area contributed by atoms with Crippen molar-refractivity contribution < 1.29 is 9.53 Å². The van der Waals surface area contributed by atoms with Crippen molar-refractivity contribution in [1.29, 1.82) is 0 Å². The molecule has 2 rings (SSSR count). The second-order valence-corrected chi connectivity index (χ2v) is 4.87. The number of thiophene rings is 1. The van der Waals surface area contributed by atoms with Gasteiger partial charge in [0.25, 0.3) is 5.91 Å². The number of rotatable bonds is 6. The second-order valence-electron chi connectivity index (χ2n) is 4.09. The molecule has 0 saturated heterocycles. The van der Waals surface area contributed by atoms with Crippen molar-refractivity contribution >= 4 is 17.2 Å². The molecule has 2 aromatic heterocycles. The fourth-order valence-corrected chi connectivity index (χ4v) is 2.39. The van der Waals surface area contributed by atoms with Gasteiger partial charge in [0.05, 0.1) is 6.61 Å². The Hall–Kier alpha value is -1.72. The summed E-state index contributed by atoms with van der Waals surface area (Å²) < 4.78 is 5.07. The normalized spacial score (nSPS) is 10.4. The number of hydrogen-bond donors (Lipinski definition) is 0. The monoisotopic (exact) mass is 276 g/mol. The standard InChI is InChI=1S/C14H16N2O2S/c1-18-8-7-16(10-12-4-9-19-11-12)14(17)13-2-5-15-6-3-13/h2-6,9,11H,7-8,10H2,1H3. The molecule has 0 saturated carbocycles. The largest absolute Gasteiger partial charge is 0.383 e. The topological polar surface area (TPSA) is 42.4 Å². The molecule has 2 heterocycles. The summed E-state index contributed by atoms with van der Waals surface area (Å²) >= 11 is 1.63. The van der Waals surface area contributed by atoms with Crippen molar-refractivity contribution in [2.75, 3.05) is 20.3 Å². The molecule has 100 valence electrons. The van der Waals surface area contributed by atoms with Crippen molar-refractivity contribution in [3.05, 3.63) is 52.5 Å². The van der Waals surface area contributed by atoms with Gasteiger partial charge in [-0.25, -0.2) is 0 Å². The van der Waals surface area contributed by atoms with E-state index in [-0.39, 0.29) is 5.91 Å². The van der Waals surface area contributed by atoms with Crippen LogP contribution in [0.2, 0.25) is 0 Å². The number of hydrogen-bond acceptors (Lipinski definition) is 4. The first-order valence-corrected chi connectivity index (χ1v) is 6.95. The lowest BCUT2D eigenvalue weighted by Gasteiger charge is -2.22. The predicted octanol–water partition coefficient (Wildman–Crippen LogP) is 2.43. The summed E-state index contributed by atoms with van der Waals surface area (Å²) in [5.74, 6) is 0.00523. The van der Waals surface area contributed by atoms with Gasteiger partial charge in [-0.3, -0.25) is 9.78 Å². The van der Waals surface area contributed by atoms with Crippen LogP contribution in [0.25, 0.3) is 0 Å². The molecule has 0 unspecified atom stereocenters. The van der Waals surface area contributed by atoms with E-state index < -0.39 is 0 Å². The van der Waals surface area contributed by atoms with Gasteiger partial charge in [0.15, 0.2) is 0 Å². The van der Waals surface area contributed by atoms with Crippen LogP contribution in [0.3, 0.4) is 0 Å². The lowest BCUT2D eigenvalue weighted by atomic mass is 10.2. The smallest absolute Gasteiger partial charge is 0.254 e. The van der Waals surface area contributed by atoms with Crippen LogP contribution in [-0.4, -0.2) is 36.1 Å². The fourth-order valence-electron chi connectivity index (χ4n) is 1.73. The average molecular weight is 276 g/mol. The number of carbonyl (C=O) groups is 1. The van der Waals surface area contributed by atoms with Crippen molar-refractivity contribution in [2.24, 2.45) is 0 Å². The summed E-state index contributed by atoms with van der Waals surface area (Å²) in [7, 11) is 1.64. The van der Waals surface area contributed by atoms with Crippen molar-refractivity contribution in [1.82, 2.24) is 9.88 Å². The van der Waals surface area contributed by atoms with Crippen molar-refractivity contribution in [3.8, 4) is 0 Å². The van der Waals surface area contributed by atoms with Crippen LogP contribution < -0.4 is 0 Å². The first kappa shape index (κ1) is 13.7. The highest BCUT2D eigenvalue weighted by Crippen LogP contribution is 2.12. The van der Waals surface area contributed by atoms with Crippen LogP contribution in [0.4, 0.5) is 0 Å². The molecule has 19 heavy (non-hydrogen) atoms. The Bertz CT molecular complexity index is 499. The molecule has 1 amide bonds. The number of carbonyl (C=O) groups excluding carboxylic acids is 1. The number of aromatic nitrogens is 1. The molecule has 0 N–H and O–H groups in total. The third-order valence-corrected chi connectivity index (χ3v) is 3.47. The fraction of sp³-hybridized carbons (Fsp3) is 0.286. The quantitative estimate of drug-likeness (QED) is 0.814. The molecule has 0 aliphatic heterocycles. The molecule has 5 heteroatoms. The molecule has 0 fully saturated rings. The first-order valence-electron chi connectivity index (χ1n) is 6.00. The van der Waals surface area contributed by atoms with Gasteiger partial charge in [-0.2, -0.15) is 11.3 Å². The maximum atomic E-state index is 12.4. The number of nitrogens with zero attached hydrogens (tertiary/aromatic N) is 2. The van der Waals surface area contributed by atoms with Crippen LogP contribution in [0.5, 0.6) is 0 Å². The van der Waals surface area contributed by atoms with E-state index in [4.69, 9.17) is 4.74 Å². The zero-order chi connectivity index (χ0) is 13.5. The van der Waals surface area contributed by atoms with Crippen LogP contribution in [0, 0.1) is 0 Å². The maximum absolute atomic E-state index is 12.4. The third-order valence-electron chi connectivity index (χ3n) is 2.73. The molecule has 0 bridgehead atoms. The summed E-state index contributed by atoms with van der Waals surface area (Å²) in [6.07, 6.45) is 3.26. The highest BCUT2D eigenvalue weighted by molar-refractivity contribution is 7.07. The zero-order valence-corrected chi connectivity index (χ0v) is 11.6. The van der Waals surface area contributed by atoms with E-state index in [1.165, 1.54) is 0 Å². The van der Waals surface area contributed by atoms with Crippen LogP contribution in [-0.2, 0) is 11.3 Å². The van der Waals surface area contributed by atoms with Gasteiger partial charge >= 0.3 is 0 Å². The van der Waals surface area contributed by atoms with Gasteiger partial charge in [0.2, 0.25) is 0 Å². The molecular weight excluding hydrogens is 260 g/mol. The van der Waals surface area contributed by atoms with E-state index in [9.17, 15) is 4.79 Å². The Labute approximate surface area is 116 Å². The molecule has 2 aromatic rings. The minimum absolute atomic E-state index is 0.00523. The minimum atomic E-state index is 0.00523. The summed E-state index contributed by atoms with van der Waals surface area (Å²) in [5.41, 5.74) is 1.80. The molecule has 0 radical (unpaired) electrons. The van der Waals surface area contributed by atoms with Gasteiger partial charge < -0.3 is 9.64 Å². The Morgan fingerprint density at radius 3 is 2.79 bits per heavy atom. The molecule has 0 spiro atoms. The van der Waals surface area contributed by atoms with E-state index >= 15 is 0 Å². The van der Waals surface area contributed by atoms with Crippen LogP contribution >= 0.6 is 11.3 Å². The Morgan fingerprint density at radius 1 is 1.37 bits per heavy atom. The van der Waals surface area contributed by atoms with E-state index in [2.05, 4.69) is 10.4 Å². The number of methoxy groups -OCH3 is 1. The van der Waals surface area contributed by atoms with Gasteiger partial charge in [0, 0.05) is 38.2 Å². The zero-order valence-electron chi connectivity index (χ0n) is 10.8. The van der Waals surface area contributed by atoms with Crippen LogP contribution in [0.15, 0.2) is 41.4 Å². The number of pyridine rings is 1. The van der Waals surface area contributed by atoms with Gasteiger partial charge in [-0.1, -0.05) is 0 Å². The summed E-state index contributed by atoms with van der Waals surface area (Å²) in [5, 5.41) is 4.07. The Kier molecular flexibility index (Phi) is 5.06. The summed E-state index contributed by atoms with van der Waals surface area (Å²) in [6, 6.07) is 5.50. The Morgan fingerprint density at radius 2 is 2.16 bits per heavy atom. The van der Waals surface area contributed by atoms with Crippen molar-refractivity contribution in [2.45, 2.75) is 6.54 Å².